The predicted octanol–water partition coefficient (Wildman–Crippen LogP) is 2.84. The van der Waals surface area contributed by atoms with Crippen LogP contribution in [0.25, 0.3) is 0 Å². The van der Waals surface area contributed by atoms with E-state index in [0.29, 0.717) is 16.8 Å². The number of non-ortho nitro benzene ring substituents is 1. The van der Waals surface area contributed by atoms with Crippen LogP contribution in [0.1, 0.15) is 27.9 Å². The van der Waals surface area contributed by atoms with Gasteiger partial charge in [-0.05, 0) is 48.0 Å². The third kappa shape index (κ3) is 4.35. The van der Waals surface area contributed by atoms with Crippen molar-refractivity contribution in [1.82, 2.24) is 9.88 Å². The molecule has 10 heteroatoms. The summed E-state index contributed by atoms with van der Waals surface area (Å²) in [6.07, 6.45) is 2.90. The first-order chi connectivity index (χ1) is 16.4. The topological polar surface area (TPSA) is 138 Å². The van der Waals surface area contributed by atoms with Crippen LogP contribution >= 0.6 is 0 Å². The average molecular weight is 455 g/mol. The summed E-state index contributed by atoms with van der Waals surface area (Å²) in [6, 6.07) is 15.4. The van der Waals surface area contributed by atoms with E-state index in [0.717, 1.165) is 4.90 Å². The van der Waals surface area contributed by atoms with Crippen LogP contribution in [0.4, 0.5) is 11.4 Å². The Morgan fingerprint density at radius 2 is 1.85 bits per heavy atom. The minimum Gasteiger partial charge on any atom is -0.322 e. The Hall–Kier alpha value is -4.91. The number of anilines is 1. The van der Waals surface area contributed by atoms with Crippen molar-refractivity contribution in [1.29, 1.82) is 5.26 Å². The Kier molecular flexibility index (Phi) is 6.09. The van der Waals surface area contributed by atoms with Crippen LogP contribution in [0.2, 0.25) is 0 Å². The number of pyridine rings is 1. The molecule has 1 unspecified atom stereocenters. The molecule has 0 bridgehead atoms. The smallest absolute Gasteiger partial charge is 0.269 e. The number of imide groups is 1. The molecule has 0 N–H and O–H groups in total. The van der Waals surface area contributed by atoms with Gasteiger partial charge in [0.25, 0.3) is 17.5 Å². The fourth-order valence-electron chi connectivity index (χ4n) is 3.72. The number of hydrogen-bond donors (Lipinski definition) is 0. The summed E-state index contributed by atoms with van der Waals surface area (Å²) in [5.41, 5.74) is 1.31. The lowest BCUT2D eigenvalue weighted by atomic mass is 10.1. The Morgan fingerprint density at radius 3 is 2.44 bits per heavy atom. The minimum absolute atomic E-state index is 0.00849. The molecule has 2 aromatic carbocycles. The molecule has 1 aliphatic rings. The van der Waals surface area contributed by atoms with Crippen LogP contribution < -0.4 is 4.90 Å². The van der Waals surface area contributed by atoms with Gasteiger partial charge in [-0.3, -0.25) is 29.5 Å². The summed E-state index contributed by atoms with van der Waals surface area (Å²) in [7, 11) is 0. The van der Waals surface area contributed by atoms with E-state index in [1.165, 1.54) is 53.4 Å². The van der Waals surface area contributed by atoms with Crippen molar-refractivity contribution in [2.24, 2.45) is 0 Å². The summed E-state index contributed by atoms with van der Waals surface area (Å²) in [6.45, 7) is 0.00849. The number of rotatable bonds is 6. The SMILES string of the molecule is N#Cc1ccc(N2C(=O)CC(N(Cc3cccnc3)C(=O)c3ccc([N+](=O)[O-])cc3)C2=O)cc1. The van der Waals surface area contributed by atoms with E-state index in [2.05, 4.69) is 4.98 Å². The lowest BCUT2D eigenvalue weighted by Crippen LogP contribution is -2.45. The van der Waals surface area contributed by atoms with Gasteiger partial charge in [0.1, 0.15) is 6.04 Å². The second-order valence-corrected chi connectivity index (χ2v) is 7.54. The molecular formula is C24H17N5O5. The fourth-order valence-corrected chi connectivity index (χ4v) is 3.72. The second kappa shape index (κ2) is 9.30. The Balaban J connectivity index is 1.67. The van der Waals surface area contributed by atoms with Gasteiger partial charge in [-0.1, -0.05) is 6.07 Å². The normalized spacial score (nSPS) is 15.1. The largest absolute Gasteiger partial charge is 0.322 e. The van der Waals surface area contributed by atoms with Crippen molar-refractivity contribution in [3.63, 3.8) is 0 Å². The fraction of sp³-hybridized carbons (Fsp3) is 0.125. The van der Waals surface area contributed by atoms with Crippen LogP contribution in [-0.2, 0) is 16.1 Å². The van der Waals surface area contributed by atoms with Gasteiger partial charge in [0.05, 0.1) is 28.7 Å². The molecule has 1 aromatic heterocycles. The molecule has 1 aliphatic heterocycles. The van der Waals surface area contributed by atoms with Crippen molar-refractivity contribution in [3.05, 3.63) is 99.9 Å². The predicted molar refractivity (Wildman–Crippen MR) is 119 cm³/mol. The molecule has 168 valence electrons. The molecule has 2 heterocycles. The molecule has 1 saturated heterocycles. The first-order valence-corrected chi connectivity index (χ1v) is 10.2. The number of nitrogens with zero attached hydrogens (tertiary/aromatic N) is 5. The van der Waals surface area contributed by atoms with Crippen molar-refractivity contribution in [2.75, 3.05) is 4.90 Å². The zero-order chi connectivity index (χ0) is 24.2. The number of nitro groups is 1. The zero-order valence-corrected chi connectivity index (χ0v) is 17.7. The molecule has 4 rings (SSSR count). The molecule has 1 atom stereocenters. The summed E-state index contributed by atoms with van der Waals surface area (Å²) in [5, 5.41) is 19.9. The van der Waals surface area contributed by atoms with E-state index in [1.54, 1.807) is 24.5 Å². The maximum Gasteiger partial charge on any atom is 0.269 e. The average Bonchev–Trinajstić information content (AvgIpc) is 3.16. The van der Waals surface area contributed by atoms with Crippen molar-refractivity contribution >= 4 is 29.1 Å². The number of amides is 3. The molecule has 3 aromatic rings. The molecule has 10 nitrogen and oxygen atoms in total. The van der Waals surface area contributed by atoms with Crippen molar-refractivity contribution in [2.45, 2.75) is 19.0 Å². The Bertz CT molecular complexity index is 1300. The maximum absolute atomic E-state index is 13.4. The number of carbonyl (C=O) groups is 3. The number of benzene rings is 2. The molecule has 0 aliphatic carbocycles. The third-order valence-corrected chi connectivity index (χ3v) is 5.42. The lowest BCUT2D eigenvalue weighted by molar-refractivity contribution is -0.384. The number of carbonyl (C=O) groups excluding carboxylic acids is 3. The van der Waals surface area contributed by atoms with E-state index < -0.39 is 28.7 Å². The summed E-state index contributed by atoms with van der Waals surface area (Å²) in [5.74, 6) is -1.60. The first kappa shape index (κ1) is 22.3. The molecule has 0 radical (unpaired) electrons. The van der Waals surface area contributed by atoms with Gasteiger partial charge in [0.2, 0.25) is 5.91 Å². The third-order valence-electron chi connectivity index (χ3n) is 5.42. The van der Waals surface area contributed by atoms with Gasteiger partial charge in [-0.15, -0.1) is 0 Å². The van der Waals surface area contributed by atoms with Gasteiger partial charge >= 0.3 is 0 Å². The minimum atomic E-state index is -1.08. The van der Waals surface area contributed by atoms with E-state index in [-0.39, 0.29) is 24.2 Å². The van der Waals surface area contributed by atoms with Gasteiger partial charge in [-0.2, -0.15) is 5.26 Å². The van der Waals surface area contributed by atoms with E-state index in [1.807, 2.05) is 6.07 Å². The molecule has 1 fully saturated rings. The number of nitro benzene ring substituents is 1. The van der Waals surface area contributed by atoms with Crippen molar-refractivity contribution in [3.8, 4) is 6.07 Å². The summed E-state index contributed by atoms with van der Waals surface area (Å²) >= 11 is 0. The number of hydrogen-bond acceptors (Lipinski definition) is 7. The Labute approximate surface area is 193 Å². The molecular weight excluding hydrogens is 438 g/mol. The van der Waals surface area contributed by atoms with Gasteiger partial charge in [0, 0.05) is 36.6 Å². The first-order valence-electron chi connectivity index (χ1n) is 10.2. The highest BCUT2D eigenvalue weighted by Gasteiger charge is 2.44. The van der Waals surface area contributed by atoms with Crippen LogP contribution in [0.15, 0.2) is 73.1 Å². The molecule has 0 saturated carbocycles. The second-order valence-electron chi connectivity index (χ2n) is 7.54. The lowest BCUT2D eigenvalue weighted by Gasteiger charge is -2.28. The zero-order valence-electron chi connectivity index (χ0n) is 17.7. The van der Waals surface area contributed by atoms with E-state index in [9.17, 15) is 24.5 Å². The van der Waals surface area contributed by atoms with Crippen LogP contribution in [0, 0.1) is 21.4 Å². The van der Waals surface area contributed by atoms with Gasteiger partial charge in [0.15, 0.2) is 0 Å². The summed E-state index contributed by atoms with van der Waals surface area (Å²) in [4.78, 5) is 56.2. The van der Waals surface area contributed by atoms with Crippen LogP contribution in [-0.4, -0.2) is 38.6 Å². The quantitative estimate of drug-likeness (QED) is 0.316. The number of aromatic nitrogens is 1. The molecule has 3 amide bonds. The number of nitriles is 1. The van der Waals surface area contributed by atoms with Gasteiger partial charge in [-0.25, -0.2) is 4.90 Å². The van der Waals surface area contributed by atoms with Crippen LogP contribution in [0.5, 0.6) is 0 Å². The van der Waals surface area contributed by atoms with Crippen molar-refractivity contribution < 1.29 is 19.3 Å². The molecule has 34 heavy (non-hydrogen) atoms. The standard InChI is InChI=1S/C24H17N5O5/c25-13-16-3-7-19(8-4-16)28-22(30)12-21(24(28)32)27(15-17-2-1-11-26-14-17)23(31)18-5-9-20(10-6-18)29(33)34/h1-11,14,21H,12,15H2. The molecule has 0 spiro atoms. The monoisotopic (exact) mass is 455 g/mol. The highest BCUT2D eigenvalue weighted by atomic mass is 16.6. The van der Waals surface area contributed by atoms with E-state index in [4.69, 9.17) is 5.26 Å². The van der Waals surface area contributed by atoms with E-state index >= 15 is 0 Å². The highest BCUT2D eigenvalue weighted by molar-refractivity contribution is 6.23. The Morgan fingerprint density at radius 1 is 1.15 bits per heavy atom. The summed E-state index contributed by atoms with van der Waals surface area (Å²) < 4.78 is 0. The maximum atomic E-state index is 13.4. The highest BCUT2D eigenvalue weighted by Crippen LogP contribution is 2.28. The van der Waals surface area contributed by atoms with Crippen LogP contribution in [0.3, 0.4) is 0 Å². The van der Waals surface area contributed by atoms with Gasteiger partial charge < -0.3 is 4.90 Å².